The number of Topliss-reactive ketones (excluding diaryl/α,β-unsaturated/α-hetero) is 1. The van der Waals surface area contributed by atoms with E-state index in [9.17, 15) is 14.7 Å². The molecule has 0 aromatic rings. The van der Waals surface area contributed by atoms with Gasteiger partial charge in [0.2, 0.25) is 0 Å². The normalized spacial score (nSPS) is 49.6. The Bertz CT molecular complexity index is 483. The number of ketones is 1. The van der Waals surface area contributed by atoms with E-state index in [1.165, 1.54) is 0 Å². The van der Waals surface area contributed by atoms with Crippen LogP contribution in [0, 0.1) is 17.3 Å². The predicted octanol–water partition coefficient (Wildman–Crippen LogP) is 1.61. The summed E-state index contributed by atoms with van der Waals surface area (Å²) in [5, 5.41) is 11.1. The molecule has 0 aromatic heterocycles. The van der Waals surface area contributed by atoms with E-state index in [1.54, 1.807) is 6.92 Å². The quantitative estimate of drug-likeness (QED) is 0.533. The molecule has 0 amide bonds. The van der Waals surface area contributed by atoms with Gasteiger partial charge in [-0.15, -0.1) is 0 Å². The first-order valence-corrected chi connectivity index (χ1v) is 6.98. The number of hydrogen-bond acceptors (Lipinski definition) is 4. The highest BCUT2D eigenvalue weighted by molar-refractivity contribution is 5.94. The van der Waals surface area contributed by atoms with Crippen molar-refractivity contribution in [1.29, 1.82) is 0 Å². The third-order valence-electron chi connectivity index (χ3n) is 5.82. The third-order valence-corrected chi connectivity index (χ3v) is 5.82. The van der Waals surface area contributed by atoms with E-state index in [4.69, 9.17) is 4.74 Å². The van der Waals surface area contributed by atoms with Gasteiger partial charge in [0.05, 0.1) is 11.0 Å². The number of ether oxygens (including phenoxy) is 1. The molecule has 1 N–H and O–H groups in total. The average Bonchev–Trinajstić information content (AvgIpc) is 2.76. The van der Waals surface area contributed by atoms with Crippen LogP contribution >= 0.6 is 0 Å². The minimum atomic E-state index is -1.06. The number of fused-ring (bicyclic) bond motifs is 3. The van der Waals surface area contributed by atoms with Gasteiger partial charge >= 0.3 is 5.97 Å². The molecule has 0 bridgehead atoms. The zero-order chi connectivity index (χ0) is 14.0. The summed E-state index contributed by atoms with van der Waals surface area (Å²) in [7, 11) is 0. The number of carbonyl (C=O) groups excluding carboxylic acids is 2. The molecule has 1 heterocycles. The van der Waals surface area contributed by atoms with Gasteiger partial charge in [-0.25, -0.2) is 4.79 Å². The van der Waals surface area contributed by atoms with Crippen molar-refractivity contribution in [3.8, 4) is 0 Å². The third kappa shape index (κ3) is 1.33. The zero-order valence-corrected chi connectivity index (χ0v) is 11.4. The smallest absolute Gasteiger partial charge is 0.334 e. The fraction of sp³-hybridized carbons (Fsp3) is 0.733. The first-order chi connectivity index (χ1) is 8.82. The van der Waals surface area contributed by atoms with Crippen molar-refractivity contribution < 1.29 is 19.4 Å². The maximum absolute atomic E-state index is 12.4. The van der Waals surface area contributed by atoms with Gasteiger partial charge in [0, 0.05) is 17.9 Å². The topological polar surface area (TPSA) is 63.6 Å². The van der Waals surface area contributed by atoms with Gasteiger partial charge in [-0.05, 0) is 32.1 Å². The summed E-state index contributed by atoms with van der Waals surface area (Å²) >= 11 is 0. The average molecular weight is 264 g/mol. The van der Waals surface area contributed by atoms with Crippen LogP contribution in [0.4, 0.5) is 0 Å². The Kier molecular flexibility index (Phi) is 2.50. The minimum Gasteiger partial charge on any atom is -0.457 e. The first-order valence-electron chi connectivity index (χ1n) is 6.98. The number of hydrogen-bond donors (Lipinski definition) is 1. The van der Waals surface area contributed by atoms with Gasteiger partial charge in [-0.1, -0.05) is 13.5 Å². The molecule has 5 atom stereocenters. The largest absolute Gasteiger partial charge is 0.457 e. The molecule has 104 valence electrons. The molecule has 2 saturated carbocycles. The maximum Gasteiger partial charge on any atom is 0.334 e. The van der Waals surface area contributed by atoms with E-state index in [0.717, 1.165) is 12.8 Å². The Labute approximate surface area is 112 Å². The second kappa shape index (κ2) is 3.69. The molecule has 0 aromatic carbocycles. The predicted molar refractivity (Wildman–Crippen MR) is 68.2 cm³/mol. The van der Waals surface area contributed by atoms with Crippen molar-refractivity contribution in [3.05, 3.63) is 12.2 Å². The van der Waals surface area contributed by atoms with Gasteiger partial charge in [-0.3, -0.25) is 4.79 Å². The van der Waals surface area contributed by atoms with Crippen LogP contribution in [-0.4, -0.2) is 28.6 Å². The Morgan fingerprint density at radius 3 is 2.74 bits per heavy atom. The minimum absolute atomic E-state index is 0.0150. The lowest BCUT2D eigenvalue weighted by Crippen LogP contribution is -2.56. The molecule has 3 rings (SSSR count). The lowest BCUT2D eigenvalue weighted by molar-refractivity contribution is -0.171. The monoisotopic (exact) mass is 264 g/mol. The highest BCUT2D eigenvalue weighted by Gasteiger charge is 2.68. The van der Waals surface area contributed by atoms with Gasteiger partial charge in [0.15, 0.2) is 0 Å². The highest BCUT2D eigenvalue weighted by atomic mass is 16.6. The Balaban J connectivity index is 2.14. The van der Waals surface area contributed by atoms with E-state index >= 15 is 0 Å². The molecule has 0 radical (unpaired) electrons. The standard InChI is InChI=1S/C15H20O4/c1-8-4-5-10-9(2)13(17)19-12(10)14(3)11(16)6-7-15(8,14)18/h8,10,12,18H,2,4-7H2,1,3H3/t8-,10-,12+,14-,15-/m0/s1. The lowest BCUT2D eigenvalue weighted by atomic mass is 9.65. The fourth-order valence-electron chi connectivity index (χ4n) is 4.35. The summed E-state index contributed by atoms with van der Waals surface area (Å²) in [6.07, 6.45) is 1.83. The molecular weight excluding hydrogens is 244 g/mol. The van der Waals surface area contributed by atoms with Crippen molar-refractivity contribution in [2.45, 2.75) is 51.2 Å². The Morgan fingerprint density at radius 1 is 1.37 bits per heavy atom. The van der Waals surface area contributed by atoms with Crippen LogP contribution in [0.2, 0.25) is 0 Å². The molecular formula is C15H20O4. The van der Waals surface area contributed by atoms with Crippen LogP contribution < -0.4 is 0 Å². The van der Waals surface area contributed by atoms with Crippen LogP contribution in [0.15, 0.2) is 12.2 Å². The molecule has 2 aliphatic carbocycles. The molecule has 1 saturated heterocycles. The SMILES string of the molecule is C=C1C(=O)O[C@@H]2[C@H]1CC[C@H](C)[C@@]1(O)CCC(=O)[C@@]21C. The number of carbonyl (C=O) groups is 2. The molecule has 4 nitrogen and oxygen atoms in total. The van der Waals surface area contributed by atoms with E-state index in [2.05, 4.69) is 6.58 Å². The van der Waals surface area contributed by atoms with Crippen LogP contribution in [-0.2, 0) is 14.3 Å². The van der Waals surface area contributed by atoms with Crippen molar-refractivity contribution in [1.82, 2.24) is 0 Å². The molecule has 1 aliphatic heterocycles. The van der Waals surface area contributed by atoms with Gasteiger partial charge in [0.1, 0.15) is 11.9 Å². The molecule has 0 spiro atoms. The maximum atomic E-state index is 12.4. The molecule has 4 heteroatoms. The van der Waals surface area contributed by atoms with Crippen molar-refractivity contribution in [2.75, 3.05) is 0 Å². The van der Waals surface area contributed by atoms with Crippen LogP contribution in [0.3, 0.4) is 0 Å². The molecule has 0 unspecified atom stereocenters. The van der Waals surface area contributed by atoms with E-state index < -0.39 is 23.1 Å². The molecule has 3 aliphatic rings. The number of esters is 1. The van der Waals surface area contributed by atoms with Gasteiger partial charge in [0.25, 0.3) is 0 Å². The summed E-state index contributed by atoms with van der Waals surface area (Å²) < 4.78 is 5.44. The number of rotatable bonds is 0. The van der Waals surface area contributed by atoms with Crippen LogP contribution in [0.1, 0.15) is 39.5 Å². The van der Waals surface area contributed by atoms with E-state index in [1.807, 2.05) is 6.92 Å². The molecule has 3 fully saturated rings. The molecule has 19 heavy (non-hydrogen) atoms. The lowest BCUT2D eigenvalue weighted by Gasteiger charge is -2.43. The Morgan fingerprint density at radius 2 is 2.05 bits per heavy atom. The first kappa shape index (κ1) is 12.9. The fourth-order valence-corrected chi connectivity index (χ4v) is 4.35. The van der Waals surface area contributed by atoms with Crippen molar-refractivity contribution in [2.24, 2.45) is 17.3 Å². The summed E-state index contributed by atoms with van der Waals surface area (Å²) in [4.78, 5) is 24.2. The highest BCUT2D eigenvalue weighted by Crippen LogP contribution is 2.58. The summed E-state index contributed by atoms with van der Waals surface area (Å²) in [5.74, 6) is -0.494. The van der Waals surface area contributed by atoms with E-state index in [0.29, 0.717) is 18.4 Å². The van der Waals surface area contributed by atoms with Crippen LogP contribution in [0.25, 0.3) is 0 Å². The summed E-state index contributed by atoms with van der Waals surface area (Å²) in [6.45, 7) is 7.57. The second-order valence-corrected chi connectivity index (χ2v) is 6.49. The number of aliphatic hydroxyl groups is 1. The van der Waals surface area contributed by atoms with Gasteiger partial charge in [-0.2, -0.15) is 0 Å². The van der Waals surface area contributed by atoms with Crippen LogP contribution in [0.5, 0.6) is 0 Å². The van der Waals surface area contributed by atoms with Crippen molar-refractivity contribution in [3.63, 3.8) is 0 Å². The zero-order valence-electron chi connectivity index (χ0n) is 11.4. The van der Waals surface area contributed by atoms with Gasteiger partial charge < -0.3 is 9.84 Å². The van der Waals surface area contributed by atoms with Crippen molar-refractivity contribution >= 4 is 11.8 Å². The second-order valence-electron chi connectivity index (χ2n) is 6.49. The summed E-state index contributed by atoms with van der Waals surface area (Å²) in [5.41, 5.74) is -1.58. The Hall–Kier alpha value is -1.16. The summed E-state index contributed by atoms with van der Waals surface area (Å²) in [6, 6.07) is 0. The van der Waals surface area contributed by atoms with E-state index in [-0.39, 0.29) is 17.6 Å².